The first kappa shape index (κ1) is 12.1. The Bertz CT molecular complexity index is 447. The fourth-order valence-corrected chi connectivity index (χ4v) is 3.86. The first-order chi connectivity index (χ1) is 8.70. The molecule has 3 heterocycles. The van der Waals surface area contributed by atoms with E-state index in [-0.39, 0.29) is 11.4 Å². The van der Waals surface area contributed by atoms with E-state index in [0.29, 0.717) is 5.69 Å². The molecule has 2 aliphatic rings. The Hall–Kier alpha value is -0.940. The van der Waals surface area contributed by atoms with Gasteiger partial charge in [0.15, 0.2) is 0 Å². The normalized spacial score (nSPS) is 22.1. The first-order valence-corrected chi connectivity index (χ1v) is 7.44. The number of hydrogen-bond acceptors (Lipinski definition) is 4. The molecule has 0 saturated carbocycles. The minimum absolute atomic E-state index is 0.0209. The van der Waals surface area contributed by atoms with Crippen LogP contribution in [-0.2, 0) is 0 Å². The third kappa shape index (κ3) is 2.06. The van der Waals surface area contributed by atoms with E-state index in [0.717, 1.165) is 11.4 Å². The largest absolute Gasteiger partial charge is 0.349 e. The molecule has 1 aromatic heterocycles. The van der Waals surface area contributed by atoms with E-state index in [1.807, 2.05) is 13.0 Å². The highest BCUT2D eigenvalue weighted by Gasteiger charge is 2.44. The molecular weight excluding hydrogens is 246 g/mol. The summed E-state index contributed by atoms with van der Waals surface area (Å²) in [6, 6.07) is 1.86. The summed E-state index contributed by atoms with van der Waals surface area (Å²) < 4.78 is 4.16. The Balaban J connectivity index is 1.62. The molecule has 0 aliphatic carbocycles. The van der Waals surface area contributed by atoms with Crippen LogP contribution in [0.15, 0.2) is 6.07 Å². The van der Waals surface area contributed by atoms with E-state index in [9.17, 15) is 4.79 Å². The van der Waals surface area contributed by atoms with Gasteiger partial charge in [-0.1, -0.05) is 0 Å². The van der Waals surface area contributed by atoms with Crippen LogP contribution in [0.5, 0.6) is 0 Å². The van der Waals surface area contributed by atoms with Crippen molar-refractivity contribution in [3.05, 3.63) is 16.6 Å². The zero-order chi connectivity index (χ0) is 12.6. The van der Waals surface area contributed by atoms with Crippen molar-refractivity contribution < 1.29 is 4.79 Å². The molecule has 0 radical (unpaired) electrons. The van der Waals surface area contributed by atoms with Crippen molar-refractivity contribution in [1.82, 2.24) is 14.6 Å². The molecule has 0 atom stereocenters. The maximum absolute atomic E-state index is 12.0. The Morgan fingerprint density at radius 2 is 2.22 bits per heavy atom. The summed E-state index contributed by atoms with van der Waals surface area (Å²) in [6.07, 6.45) is 4.99. The molecule has 5 heteroatoms. The molecule has 1 N–H and O–H groups in total. The summed E-state index contributed by atoms with van der Waals surface area (Å²) in [7, 11) is 0. The maximum atomic E-state index is 12.0. The van der Waals surface area contributed by atoms with Crippen LogP contribution in [-0.4, -0.2) is 40.4 Å². The molecule has 1 amide bonds. The fraction of sp³-hybridized carbons (Fsp3) is 0.692. The van der Waals surface area contributed by atoms with E-state index in [1.165, 1.54) is 50.3 Å². The molecule has 2 aliphatic heterocycles. The number of nitrogens with one attached hydrogen (secondary N) is 1. The van der Waals surface area contributed by atoms with Crippen molar-refractivity contribution in [2.75, 3.05) is 19.6 Å². The van der Waals surface area contributed by atoms with Gasteiger partial charge in [-0.25, -0.2) is 0 Å². The fourth-order valence-electron chi connectivity index (χ4n) is 3.32. The molecule has 1 aromatic rings. The highest BCUT2D eigenvalue weighted by molar-refractivity contribution is 7.05. The topological polar surface area (TPSA) is 45.2 Å². The first-order valence-electron chi connectivity index (χ1n) is 6.66. The van der Waals surface area contributed by atoms with Crippen molar-refractivity contribution in [3.8, 4) is 0 Å². The molecule has 4 nitrogen and oxygen atoms in total. The maximum Gasteiger partial charge on any atom is 0.271 e. The number of fused-ring (bicyclic) bond motifs is 1. The quantitative estimate of drug-likeness (QED) is 0.906. The summed E-state index contributed by atoms with van der Waals surface area (Å²) in [5, 5.41) is 3.08. The zero-order valence-corrected chi connectivity index (χ0v) is 11.6. The summed E-state index contributed by atoms with van der Waals surface area (Å²) in [4.78, 5) is 15.7. The van der Waals surface area contributed by atoms with Gasteiger partial charge in [-0.05, 0) is 63.3 Å². The van der Waals surface area contributed by atoms with Crippen LogP contribution in [0, 0.1) is 6.92 Å². The molecule has 0 spiro atoms. The highest BCUT2D eigenvalue weighted by Crippen LogP contribution is 2.38. The van der Waals surface area contributed by atoms with Gasteiger partial charge in [0.2, 0.25) is 0 Å². The minimum atomic E-state index is -0.0209. The van der Waals surface area contributed by atoms with Gasteiger partial charge in [0.05, 0.1) is 0 Å². The third-order valence-corrected chi connectivity index (χ3v) is 4.94. The van der Waals surface area contributed by atoms with E-state index in [1.54, 1.807) is 0 Å². The second-order valence-corrected chi connectivity index (χ2v) is 6.43. The Labute approximate surface area is 112 Å². The van der Waals surface area contributed by atoms with Gasteiger partial charge in [0, 0.05) is 17.0 Å². The molecule has 3 rings (SSSR count). The average molecular weight is 265 g/mol. The molecule has 0 bridgehead atoms. The van der Waals surface area contributed by atoms with Gasteiger partial charge < -0.3 is 5.32 Å². The number of nitrogens with zero attached hydrogens (tertiary/aromatic N) is 2. The van der Waals surface area contributed by atoms with Crippen molar-refractivity contribution >= 4 is 17.4 Å². The molecule has 2 fully saturated rings. The van der Waals surface area contributed by atoms with E-state index < -0.39 is 0 Å². The highest BCUT2D eigenvalue weighted by atomic mass is 32.1. The SMILES string of the molecule is Cc1cc(C(=O)NCC23CCCN2CCC3)ns1. The number of aromatic nitrogens is 1. The summed E-state index contributed by atoms with van der Waals surface area (Å²) in [5.74, 6) is -0.0209. The number of rotatable bonds is 3. The molecule has 98 valence electrons. The lowest BCUT2D eigenvalue weighted by atomic mass is 9.94. The van der Waals surface area contributed by atoms with Crippen molar-refractivity contribution in [2.24, 2.45) is 0 Å². The van der Waals surface area contributed by atoms with Gasteiger partial charge in [-0.15, -0.1) is 0 Å². The molecule has 0 unspecified atom stereocenters. The van der Waals surface area contributed by atoms with Gasteiger partial charge in [0.1, 0.15) is 5.69 Å². The molecule has 2 saturated heterocycles. The van der Waals surface area contributed by atoms with Crippen LogP contribution in [0.4, 0.5) is 0 Å². The van der Waals surface area contributed by atoms with Crippen LogP contribution < -0.4 is 5.32 Å². The second kappa shape index (κ2) is 4.63. The predicted octanol–water partition coefficient (Wildman–Crippen LogP) is 1.81. The second-order valence-electron chi connectivity index (χ2n) is 5.42. The molecule has 0 aromatic carbocycles. The van der Waals surface area contributed by atoms with Gasteiger partial charge in [-0.3, -0.25) is 9.69 Å². The van der Waals surface area contributed by atoms with Crippen molar-refractivity contribution in [2.45, 2.75) is 38.1 Å². The van der Waals surface area contributed by atoms with Gasteiger partial charge in [-0.2, -0.15) is 4.37 Å². The molecule has 18 heavy (non-hydrogen) atoms. The van der Waals surface area contributed by atoms with Crippen LogP contribution >= 0.6 is 11.5 Å². The Morgan fingerprint density at radius 3 is 2.83 bits per heavy atom. The smallest absolute Gasteiger partial charge is 0.271 e. The standard InChI is InChI=1S/C13H19N3OS/c1-10-8-11(15-18-10)12(17)14-9-13-4-2-6-16(13)7-3-5-13/h8H,2-7,9H2,1H3,(H,14,17). The van der Waals surface area contributed by atoms with E-state index >= 15 is 0 Å². The van der Waals surface area contributed by atoms with Crippen LogP contribution in [0.3, 0.4) is 0 Å². The minimum Gasteiger partial charge on any atom is -0.349 e. The number of amides is 1. The lowest BCUT2D eigenvalue weighted by Gasteiger charge is -2.32. The number of aryl methyl sites for hydroxylation is 1. The van der Waals surface area contributed by atoms with Gasteiger partial charge in [0.25, 0.3) is 5.91 Å². The lowest BCUT2D eigenvalue weighted by molar-refractivity contribution is 0.0915. The lowest BCUT2D eigenvalue weighted by Crippen LogP contribution is -2.48. The number of hydrogen-bond donors (Lipinski definition) is 1. The number of carbonyl (C=O) groups excluding carboxylic acids is 1. The van der Waals surface area contributed by atoms with Gasteiger partial charge >= 0.3 is 0 Å². The monoisotopic (exact) mass is 265 g/mol. The van der Waals surface area contributed by atoms with Crippen LogP contribution in [0.2, 0.25) is 0 Å². The van der Waals surface area contributed by atoms with Crippen molar-refractivity contribution in [1.29, 1.82) is 0 Å². The summed E-state index contributed by atoms with van der Waals surface area (Å²) >= 11 is 1.39. The van der Waals surface area contributed by atoms with Crippen LogP contribution in [0.25, 0.3) is 0 Å². The summed E-state index contributed by atoms with van der Waals surface area (Å²) in [6.45, 7) is 5.16. The molecular formula is C13H19N3OS. The zero-order valence-electron chi connectivity index (χ0n) is 10.7. The Kier molecular flexibility index (Phi) is 3.11. The van der Waals surface area contributed by atoms with E-state index in [4.69, 9.17) is 0 Å². The third-order valence-electron chi connectivity index (χ3n) is 4.25. The van der Waals surface area contributed by atoms with Crippen LogP contribution in [0.1, 0.15) is 41.0 Å². The summed E-state index contributed by atoms with van der Waals surface area (Å²) in [5.41, 5.74) is 0.817. The average Bonchev–Trinajstić information content (AvgIpc) is 3.00. The Morgan fingerprint density at radius 1 is 1.50 bits per heavy atom. The van der Waals surface area contributed by atoms with E-state index in [2.05, 4.69) is 14.6 Å². The number of carbonyl (C=O) groups is 1. The van der Waals surface area contributed by atoms with Crippen molar-refractivity contribution in [3.63, 3.8) is 0 Å². The predicted molar refractivity (Wildman–Crippen MR) is 72.0 cm³/mol.